The fraction of sp³-hybridized carbons (Fsp3) is 0.630. The van der Waals surface area contributed by atoms with Gasteiger partial charge in [-0.3, -0.25) is 4.90 Å². The molecule has 182 valence electrons. The van der Waals surface area contributed by atoms with Crippen molar-refractivity contribution < 1.29 is 14.2 Å². The molecule has 1 aromatic heterocycles. The highest BCUT2D eigenvalue weighted by atomic mass is 19.1. The highest BCUT2D eigenvalue weighted by Crippen LogP contribution is 2.61. The van der Waals surface area contributed by atoms with E-state index in [2.05, 4.69) is 20.2 Å². The number of nitrogens with zero attached hydrogens (tertiary/aromatic N) is 3. The van der Waals surface area contributed by atoms with Gasteiger partial charge in [-0.15, -0.1) is 0 Å². The van der Waals surface area contributed by atoms with Crippen LogP contribution in [0.1, 0.15) is 55.3 Å². The maximum absolute atomic E-state index is 14.3. The van der Waals surface area contributed by atoms with Crippen molar-refractivity contribution in [1.29, 1.82) is 0 Å². The van der Waals surface area contributed by atoms with Crippen molar-refractivity contribution in [3.8, 4) is 5.75 Å². The summed E-state index contributed by atoms with van der Waals surface area (Å²) in [5.74, 6) is 3.78. The fourth-order valence-corrected chi connectivity index (χ4v) is 7.73. The average Bonchev–Trinajstić information content (AvgIpc) is 2.83. The Kier molecular flexibility index (Phi) is 5.72. The molecule has 1 unspecified atom stereocenters. The second-order valence-electron chi connectivity index (χ2n) is 11.2. The lowest BCUT2D eigenvalue weighted by Gasteiger charge is -2.58. The average molecular weight is 467 g/mol. The highest BCUT2D eigenvalue weighted by molar-refractivity contribution is 5.47. The van der Waals surface area contributed by atoms with Crippen LogP contribution in [0.15, 0.2) is 24.5 Å². The number of aliphatic hydroxyl groups is 1. The van der Waals surface area contributed by atoms with E-state index >= 15 is 0 Å². The Balaban J connectivity index is 1.12. The number of methoxy groups -OCH3 is 1. The number of benzene rings is 1. The summed E-state index contributed by atoms with van der Waals surface area (Å²) in [6, 6.07) is 4.88. The van der Waals surface area contributed by atoms with E-state index in [1.54, 1.807) is 25.6 Å². The summed E-state index contributed by atoms with van der Waals surface area (Å²) in [4.78, 5) is 11.3. The lowest BCUT2D eigenvalue weighted by molar-refractivity contribution is -0.115. The number of anilines is 1. The molecule has 2 aromatic rings. The molecular formula is C27H35FN4O2. The Morgan fingerprint density at radius 2 is 1.91 bits per heavy atom. The molecule has 34 heavy (non-hydrogen) atoms. The predicted octanol–water partition coefficient (Wildman–Crippen LogP) is 4.17. The van der Waals surface area contributed by atoms with Gasteiger partial charge in [-0.1, -0.05) is 0 Å². The summed E-state index contributed by atoms with van der Waals surface area (Å²) >= 11 is 0. The van der Waals surface area contributed by atoms with Crippen LogP contribution >= 0.6 is 0 Å². The Bertz CT molecular complexity index is 1030. The predicted molar refractivity (Wildman–Crippen MR) is 128 cm³/mol. The van der Waals surface area contributed by atoms with Crippen molar-refractivity contribution >= 4 is 5.82 Å². The molecule has 4 saturated carbocycles. The maximum Gasteiger partial charge on any atom is 0.133 e. The number of hydrogen-bond acceptors (Lipinski definition) is 6. The number of halogens is 1. The van der Waals surface area contributed by atoms with Gasteiger partial charge in [0.25, 0.3) is 0 Å². The molecule has 7 heteroatoms. The normalized spacial score (nSPS) is 30.7. The molecule has 7 rings (SSSR count). The third-order valence-electron chi connectivity index (χ3n) is 8.99. The fourth-order valence-electron chi connectivity index (χ4n) is 7.73. The number of ether oxygens (including phenoxy) is 1. The molecule has 0 radical (unpaired) electrons. The third-order valence-corrected chi connectivity index (χ3v) is 8.99. The van der Waals surface area contributed by atoms with Crippen LogP contribution in [0.5, 0.6) is 5.75 Å². The van der Waals surface area contributed by atoms with Crippen molar-refractivity contribution in [3.63, 3.8) is 0 Å². The molecule has 4 fully saturated rings. The molecular weight excluding hydrogens is 431 g/mol. The van der Waals surface area contributed by atoms with Gasteiger partial charge in [-0.2, -0.15) is 0 Å². The van der Waals surface area contributed by atoms with Gasteiger partial charge in [-0.25, -0.2) is 14.4 Å². The molecule has 1 atom stereocenters. The second kappa shape index (κ2) is 8.76. The molecule has 2 heterocycles. The molecule has 1 aromatic carbocycles. The quantitative estimate of drug-likeness (QED) is 0.638. The summed E-state index contributed by atoms with van der Waals surface area (Å²) in [7, 11) is 1.60. The minimum absolute atomic E-state index is 0.104. The van der Waals surface area contributed by atoms with E-state index in [0.717, 1.165) is 47.8 Å². The smallest absolute Gasteiger partial charge is 0.133 e. The first kappa shape index (κ1) is 22.2. The zero-order chi connectivity index (χ0) is 23.3. The highest BCUT2D eigenvalue weighted by Gasteiger charge is 2.53. The summed E-state index contributed by atoms with van der Waals surface area (Å²) in [5.41, 5.74) is 2.85. The van der Waals surface area contributed by atoms with Crippen molar-refractivity contribution in [2.75, 3.05) is 25.5 Å². The summed E-state index contributed by atoms with van der Waals surface area (Å²) < 4.78 is 19.6. The number of fused-ring (bicyclic) bond motifs is 1. The van der Waals surface area contributed by atoms with Crippen molar-refractivity contribution in [3.05, 3.63) is 47.2 Å². The van der Waals surface area contributed by atoms with Crippen LogP contribution in [0.2, 0.25) is 0 Å². The van der Waals surface area contributed by atoms with E-state index in [1.807, 2.05) is 0 Å². The number of aliphatic hydroxyl groups excluding tert-OH is 1. The van der Waals surface area contributed by atoms with E-state index in [0.29, 0.717) is 30.9 Å². The molecule has 6 nitrogen and oxygen atoms in total. The summed E-state index contributed by atoms with van der Waals surface area (Å²) in [6.07, 6.45) is 9.81. The summed E-state index contributed by atoms with van der Waals surface area (Å²) in [5, 5.41) is 14.8. The lowest BCUT2D eigenvalue weighted by atomic mass is 9.48. The topological polar surface area (TPSA) is 70.5 Å². The minimum atomic E-state index is -0.331. The largest absolute Gasteiger partial charge is 0.497 e. The molecule has 4 aliphatic carbocycles. The molecule has 0 amide bonds. The lowest BCUT2D eigenvalue weighted by Crippen LogP contribution is -2.53. The van der Waals surface area contributed by atoms with Gasteiger partial charge in [-0.05, 0) is 86.3 Å². The van der Waals surface area contributed by atoms with Gasteiger partial charge in [0, 0.05) is 37.3 Å². The minimum Gasteiger partial charge on any atom is -0.497 e. The Morgan fingerprint density at radius 1 is 1.18 bits per heavy atom. The van der Waals surface area contributed by atoms with Gasteiger partial charge in [0.2, 0.25) is 0 Å². The van der Waals surface area contributed by atoms with E-state index in [1.165, 1.54) is 44.6 Å². The van der Waals surface area contributed by atoms with E-state index in [9.17, 15) is 9.50 Å². The van der Waals surface area contributed by atoms with Gasteiger partial charge in [0.15, 0.2) is 0 Å². The van der Waals surface area contributed by atoms with Crippen LogP contribution in [-0.2, 0) is 19.5 Å². The van der Waals surface area contributed by atoms with Crippen molar-refractivity contribution in [2.45, 2.75) is 64.1 Å². The molecule has 0 spiro atoms. The van der Waals surface area contributed by atoms with Crippen LogP contribution in [0.3, 0.4) is 0 Å². The standard InChI is InChI=1S/C27H35FN4O2/c1-34-21-2-3-23(28)20(9-21)14-32-5-4-22-24(15-32)30-16-31-26(22)29-13-25(33)27-10-17-6-18(11-27)8-19(7-17)12-27/h2-3,9,16-19,25,33H,4-8,10-15H2,1H3,(H,29,30,31). The van der Waals surface area contributed by atoms with Crippen LogP contribution in [0, 0.1) is 29.0 Å². The number of rotatable bonds is 7. The third kappa shape index (κ3) is 4.07. The first-order valence-corrected chi connectivity index (χ1v) is 12.8. The Labute approximate surface area is 200 Å². The summed E-state index contributed by atoms with van der Waals surface area (Å²) in [6.45, 7) is 2.53. The van der Waals surface area contributed by atoms with Gasteiger partial charge in [0.1, 0.15) is 23.7 Å². The zero-order valence-electron chi connectivity index (χ0n) is 20.0. The van der Waals surface area contributed by atoms with Gasteiger partial charge >= 0.3 is 0 Å². The SMILES string of the molecule is COc1ccc(F)c(CN2CCc3c(ncnc3NCC(O)C34CC5CC(CC(C5)C3)C4)C2)c1. The van der Waals surface area contributed by atoms with E-state index < -0.39 is 0 Å². The monoisotopic (exact) mass is 466 g/mol. The molecule has 0 saturated heterocycles. The zero-order valence-corrected chi connectivity index (χ0v) is 20.0. The van der Waals surface area contributed by atoms with Crippen LogP contribution in [0.4, 0.5) is 10.2 Å². The van der Waals surface area contributed by atoms with Crippen molar-refractivity contribution in [1.82, 2.24) is 14.9 Å². The Hall–Kier alpha value is -2.25. The maximum atomic E-state index is 14.3. The van der Waals surface area contributed by atoms with E-state index in [-0.39, 0.29) is 17.3 Å². The number of aromatic nitrogens is 2. The van der Waals surface area contributed by atoms with Gasteiger partial charge < -0.3 is 15.2 Å². The van der Waals surface area contributed by atoms with Crippen LogP contribution in [-0.4, -0.2) is 46.3 Å². The van der Waals surface area contributed by atoms with Gasteiger partial charge in [0.05, 0.1) is 18.9 Å². The molecule has 5 aliphatic rings. The first-order valence-electron chi connectivity index (χ1n) is 12.8. The molecule has 4 bridgehead atoms. The molecule has 2 N–H and O–H groups in total. The Morgan fingerprint density at radius 3 is 2.62 bits per heavy atom. The van der Waals surface area contributed by atoms with Crippen LogP contribution < -0.4 is 10.1 Å². The van der Waals surface area contributed by atoms with Crippen molar-refractivity contribution in [2.24, 2.45) is 23.2 Å². The second-order valence-corrected chi connectivity index (χ2v) is 11.2. The van der Waals surface area contributed by atoms with E-state index in [4.69, 9.17) is 4.74 Å². The number of hydrogen-bond donors (Lipinski definition) is 2. The first-order chi connectivity index (χ1) is 16.5. The number of nitrogens with one attached hydrogen (secondary N) is 1. The molecule has 1 aliphatic heterocycles. The van der Waals surface area contributed by atoms with Crippen LogP contribution in [0.25, 0.3) is 0 Å².